The predicted octanol–water partition coefficient (Wildman–Crippen LogP) is 3.41. The maximum absolute atomic E-state index is 13.4. The van der Waals surface area contributed by atoms with Crippen LogP contribution in [0.5, 0.6) is 0 Å². The lowest BCUT2D eigenvalue weighted by molar-refractivity contribution is -0.0594. The lowest BCUT2D eigenvalue weighted by atomic mass is 10.00. The minimum atomic E-state index is -0.498. The van der Waals surface area contributed by atoms with E-state index in [0.717, 1.165) is 5.52 Å². The molecule has 10 nitrogen and oxygen atoms in total. The van der Waals surface area contributed by atoms with E-state index in [1.165, 1.54) is 9.20 Å². The van der Waals surface area contributed by atoms with Crippen molar-refractivity contribution in [3.05, 3.63) is 69.3 Å². The fraction of sp³-hybridized carbons (Fsp3) is 0.227. The third kappa shape index (κ3) is 3.95. The molecular formula is C22H19BrClN7O3. The summed E-state index contributed by atoms with van der Waals surface area (Å²) in [5.41, 5.74) is 1.66. The van der Waals surface area contributed by atoms with Crippen LogP contribution in [0.25, 0.3) is 11.3 Å². The first-order valence-corrected chi connectivity index (χ1v) is 11.5. The van der Waals surface area contributed by atoms with Gasteiger partial charge in [-0.15, -0.1) is 0 Å². The lowest BCUT2D eigenvalue weighted by Crippen LogP contribution is -2.60. The molecule has 0 atom stereocenters. The third-order valence-corrected chi connectivity index (χ3v) is 6.12. The highest BCUT2D eigenvalue weighted by Crippen LogP contribution is 2.27. The quantitative estimate of drug-likeness (QED) is 0.398. The number of halogens is 2. The number of ether oxygens (including phenoxy) is 1. The first kappa shape index (κ1) is 22.5. The van der Waals surface area contributed by atoms with Gasteiger partial charge in [0.15, 0.2) is 11.5 Å². The zero-order valence-electron chi connectivity index (χ0n) is 18.2. The number of carbonyl (C=O) groups is 2. The molecule has 5 rings (SSSR count). The van der Waals surface area contributed by atoms with Gasteiger partial charge in [-0.1, -0.05) is 11.6 Å². The molecule has 1 saturated heterocycles. The van der Waals surface area contributed by atoms with Crippen LogP contribution >= 0.6 is 27.5 Å². The summed E-state index contributed by atoms with van der Waals surface area (Å²) >= 11 is 9.60. The Hall–Kier alpha value is -3.28. The van der Waals surface area contributed by atoms with Crippen molar-refractivity contribution in [3.63, 3.8) is 0 Å². The summed E-state index contributed by atoms with van der Waals surface area (Å²) in [5, 5.41) is 14.8. The zero-order valence-corrected chi connectivity index (χ0v) is 20.5. The van der Waals surface area contributed by atoms with Crippen LogP contribution in [0.4, 0.5) is 5.69 Å². The number of amides is 2. The lowest BCUT2D eigenvalue weighted by Gasteiger charge is -2.38. The van der Waals surface area contributed by atoms with Gasteiger partial charge in [-0.25, -0.2) is 14.2 Å². The molecule has 174 valence electrons. The second-order valence-corrected chi connectivity index (χ2v) is 9.47. The van der Waals surface area contributed by atoms with Gasteiger partial charge in [0.25, 0.3) is 11.8 Å². The third-order valence-electron chi connectivity index (χ3n) is 5.44. The predicted molar refractivity (Wildman–Crippen MR) is 129 cm³/mol. The number of pyridine rings is 2. The molecule has 0 unspecified atom stereocenters. The average molecular weight is 545 g/mol. The molecule has 0 spiro atoms. The summed E-state index contributed by atoms with van der Waals surface area (Å²) in [7, 11) is 0. The minimum absolute atomic E-state index is 0.179. The number of nitrogens with zero attached hydrogens (tertiary/aromatic N) is 5. The molecule has 4 aromatic heterocycles. The van der Waals surface area contributed by atoms with E-state index < -0.39 is 11.4 Å². The molecule has 0 saturated carbocycles. The number of hydrogen-bond donors (Lipinski definition) is 2. The average Bonchev–Trinajstić information content (AvgIpc) is 3.39. The van der Waals surface area contributed by atoms with E-state index in [0.29, 0.717) is 39.9 Å². The standard InChI is InChI=1S/C22H19BrClN7O3/c1-12-8-13-5-7-26-30(13)18(21(33)28-22(2)10-34-11-22)17(12)27-20(32)15-9-16(23)29-31(15)19-14(24)4-3-6-25-19/h3-9H,10-11H2,1-2H3,(H,27,32)(H,28,33). The Morgan fingerprint density at radius 3 is 2.71 bits per heavy atom. The topological polar surface area (TPSA) is 115 Å². The van der Waals surface area contributed by atoms with Gasteiger partial charge in [0.1, 0.15) is 10.3 Å². The van der Waals surface area contributed by atoms with Crippen LogP contribution in [0.3, 0.4) is 0 Å². The SMILES string of the molecule is Cc1cc2ccnn2c(C(=O)NC2(C)COC2)c1NC(=O)c1cc(Br)nn1-c1ncccc1Cl. The van der Waals surface area contributed by atoms with Crippen LogP contribution in [0.15, 0.2) is 47.3 Å². The summed E-state index contributed by atoms with van der Waals surface area (Å²) in [5.74, 6) is -0.571. The smallest absolute Gasteiger partial charge is 0.274 e. The Kier molecular flexibility index (Phi) is 5.62. The Bertz CT molecular complexity index is 1440. The number of rotatable bonds is 5. The minimum Gasteiger partial charge on any atom is -0.376 e. The Morgan fingerprint density at radius 1 is 1.21 bits per heavy atom. The molecule has 12 heteroatoms. The second kappa shape index (κ2) is 8.49. The van der Waals surface area contributed by atoms with Crippen molar-refractivity contribution >= 4 is 50.5 Å². The summed E-state index contributed by atoms with van der Waals surface area (Å²) < 4.78 is 8.53. The summed E-state index contributed by atoms with van der Waals surface area (Å²) in [4.78, 5) is 31.0. The normalized spacial score (nSPS) is 14.6. The molecule has 0 bridgehead atoms. The first-order chi connectivity index (χ1) is 16.3. The van der Waals surface area contributed by atoms with Gasteiger partial charge in [0.05, 0.1) is 41.2 Å². The highest BCUT2D eigenvalue weighted by atomic mass is 79.9. The van der Waals surface area contributed by atoms with Crippen molar-refractivity contribution < 1.29 is 14.3 Å². The molecule has 2 amide bonds. The van der Waals surface area contributed by atoms with Crippen LogP contribution < -0.4 is 10.6 Å². The highest BCUT2D eigenvalue weighted by molar-refractivity contribution is 9.10. The fourth-order valence-electron chi connectivity index (χ4n) is 3.76. The van der Waals surface area contributed by atoms with Crippen LogP contribution in [-0.4, -0.2) is 54.9 Å². The van der Waals surface area contributed by atoms with Crippen molar-refractivity contribution in [1.29, 1.82) is 0 Å². The van der Waals surface area contributed by atoms with Gasteiger partial charge in [0, 0.05) is 12.3 Å². The van der Waals surface area contributed by atoms with Crippen molar-refractivity contribution in [2.24, 2.45) is 0 Å². The Labute approximate surface area is 207 Å². The molecular weight excluding hydrogens is 526 g/mol. The largest absolute Gasteiger partial charge is 0.376 e. The van der Waals surface area contributed by atoms with Gasteiger partial charge in [-0.05, 0) is 59.6 Å². The van der Waals surface area contributed by atoms with Crippen molar-refractivity contribution in [2.75, 3.05) is 18.5 Å². The number of hydrogen-bond acceptors (Lipinski definition) is 6. The van der Waals surface area contributed by atoms with Crippen LogP contribution in [0.2, 0.25) is 5.02 Å². The molecule has 5 heterocycles. The van der Waals surface area contributed by atoms with Crippen LogP contribution in [-0.2, 0) is 4.74 Å². The Balaban J connectivity index is 1.56. The van der Waals surface area contributed by atoms with E-state index in [2.05, 4.69) is 41.7 Å². The molecule has 0 aromatic carbocycles. The number of nitrogens with one attached hydrogen (secondary N) is 2. The van der Waals surface area contributed by atoms with E-state index >= 15 is 0 Å². The molecule has 0 aliphatic carbocycles. The summed E-state index contributed by atoms with van der Waals surface area (Å²) in [6.07, 6.45) is 3.15. The molecule has 2 N–H and O–H groups in total. The molecule has 4 aromatic rings. The Morgan fingerprint density at radius 2 is 2.00 bits per heavy atom. The van der Waals surface area contributed by atoms with Crippen LogP contribution in [0, 0.1) is 6.92 Å². The maximum atomic E-state index is 13.4. The number of carbonyl (C=O) groups excluding carboxylic acids is 2. The number of aromatic nitrogens is 5. The number of anilines is 1. The van der Waals surface area contributed by atoms with Gasteiger partial charge in [-0.3, -0.25) is 9.59 Å². The second-order valence-electron chi connectivity index (χ2n) is 8.25. The van der Waals surface area contributed by atoms with E-state index in [4.69, 9.17) is 16.3 Å². The number of fused-ring (bicyclic) bond motifs is 1. The molecule has 0 radical (unpaired) electrons. The maximum Gasteiger partial charge on any atom is 0.274 e. The van der Waals surface area contributed by atoms with Gasteiger partial charge >= 0.3 is 0 Å². The monoisotopic (exact) mass is 543 g/mol. The first-order valence-electron chi connectivity index (χ1n) is 10.3. The van der Waals surface area contributed by atoms with Crippen molar-refractivity contribution in [2.45, 2.75) is 19.4 Å². The molecule has 1 aliphatic heterocycles. The van der Waals surface area contributed by atoms with E-state index in [1.54, 1.807) is 36.7 Å². The highest BCUT2D eigenvalue weighted by Gasteiger charge is 2.36. The van der Waals surface area contributed by atoms with Crippen molar-refractivity contribution in [3.8, 4) is 5.82 Å². The van der Waals surface area contributed by atoms with E-state index in [-0.39, 0.29) is 17.3 Å². The van der Waals surface area contributed by atoms with Gasteiger partial charge < -0.3 is 15.4 Å². The van der Waals surface area contributed by atoms with Crippen molar-refractivity contribution in [1.82, 2.24) is 29.7 Å². The fourth-order valence-corrected chi connectivity index (χ4v) is 4.34. The zero-order chi connectivity index (χ0) is 24.0. The van der Waals surface area contributed by atoms with E-state index in [1.807, 2.05) is 19.9 Å². The van der Waals surface area contributed by atoms with E-state index in [9.17, 15) is 9.59 Å². The van der Waals surface area contributed by atoms with Crippen LogP contribution in [0.1, 0.15) is 33.5 Å². The van der Waals surface area contributed by atoms with Gasteiger partial charge in [0.2, 0.25) is 0 Å². The number of aryl methyl sites for hydroxylation is 1. The summed E-state index contributed by atoms with van der Waals surface area (Å²) in [6.45, 7) is 4.53. The molecule has 1 fully saturated rings. The molecule has 34 heavy (non-hydrogen) atoms. The summed E-state index contributed by atoms with van der Waals surface area (Å²) in [6, 6.07) is 8.53. The molecule has 1 aliphatic rings. The van der Waals surface area contributed by atoms with Gasteiger partial charge in [-0.2, -0.15) is 10.2 Å².